The lowest BCUT2D eigenvalue weighted by atomic mass is 10.1. The Morgan fingerprint density at radius 2 is 2.24 bits per heavy atom. The molecule has 0 amide bonds. The Labute approximate surface area is 128 Å². The highest BCUT2D eigenvalue weighted by molar-refractivity contribution is 7.99. The third-order valence-electron chi connectivity index (χ3n) is 3.61. The standard InChI is InChI=1S/C14H17FN2O2S2/c1-20-14-4-2-3-13(14)17-21(18,19)9-11-7-10(8-16)5-6-12(11)15/h5-7,13-14,17H,2-4,9H2,1H3/t13-,14+/m0/s1. The minimum Gasteiger partial charge on any atom is -0.212 e. The van der Waals surface area contributed by atoms with Crippen LogP contribution in [0.3, 0.4) is 0 Å². The lowest BCUT2D eigenvalue weighted by Gasteiger charge is -2.19. The third-order valence-corrected chi connectivity index (χ3v) is 6.13. The molecule has 4 nitrogen and oxygen atoms in total. The molecule has 0 radical (unpaired) electrons. The smallest absolute Gasteiger partial charge is 0.212 e. The number of hydrogen-bond acceptors (Lipinski definition) is 4. The number of nitriles is 1. The monoisotopic (exact) mass is 328 g/mol. The van der Waals surface area contributed by atoms with E-state index in [1.54, 1.807) is 11.8 Å². The quantitative estimate of drug-likeness (QED) is 0.901. The van der Waals surface area contributed by atoms with E-state index in [0.717, 1.165) is 25.3 Å². The van der Waals surface area contributed by atoms with Crippen LogP contribution in [-0.4, -0.2) is 26.0 Å². The maximum absolute atomic E-state index is 13.7. The van der Waals surface area contributed by atoms with Crippen molar-refractivity contribution in [1.29, 1.82) is 5.26 Å². The molecule has 114 valence electrons. The molecule has 1 aliphatic rings. The van der Waals surface area contributed by atoms with E-state index in [2.05, 4.69) is 4.72 Å². The zero-order valence-corrected chi connectivity index (χ0v) is 13.3. The topological polar surface area (TPSA) is 70.0 Å². The van der Waals surface area contributed by atoms with Crippen molar-refractivity contribution in [2.45, 2.75) is 36.3 Å². The molecule has 0 bridgehead atoms. The van der Waals surface area contributed by atoms with Gasteiger partial charge in [0.15, 0.2) is 0 Å². The summed E-state index contributed by atoms with van der Waals surface area (Å²) in [5.74, 6) is -1.04. The summed E-state index contributed by atoms with van der Waals surface area (Å²) in [5.41, 5.74) is 0.282. The molecular formula is C14H17FN2O2S2. The molecule has 0 aromatic heterocycles. The van der Waals surface area contributed by atoms with Crippen LogP contribution < -0.4 is 4.72 Å². The first-order valence-electron chi connectivity index (χ1n) is 6.66. The molecule has 1 aliphatic carbocycles. The molecule has 21 heavy (non-hydrogen) atoms. The van der Waals surface area contributed by atoms with Gasteiger partial charge in [-0.1, -0.05) is 6.42 Å². The van der Waals surface area contributed by atoms with Crippen LogP contribution in [0.1, 0.15) is 30.4 Å². The van der Waals surface area contributed by atoms with Crippen LogP contribution in [-0.2, 0) is 15.8 Å². The van der Waals surface area contributed by atoms with Crippen LogP contribution in [0.2, 0.25) is 0 Å². The summed E-state index contributed by atoms with van der Waals surface area (Å²) in [6.45, 7) is 0. The van der Waals surface area contributed by atoms with Crippen LogP contribution in [0.15, 0.2) is 18.2 Å². The number of nitrogens with zero attached hydrogens (tertiary/aromatic N) is 1. The van der Waals surface area contributed by atoms with E-state index >= 15 is 0 Å². The molecule has 1 saturated carbocycles. The van der Waals surface area contributed by atoms with Gasteiger partial charge in [-0.3, -0.25) is 0 Å². The number of nitrogens with one attached hydrogen (secondary N) is 1. The van der Waals surface area contributed by atoms with Crippen molar-refractivity contribution >= 4 is 21.8 Å². The molecule has 7 heteroatoms. The lowest BCUT2D eigenvalue weighted by molar-refractivity contribution is 0.551. The SMILES string of the molecule is CS[C@@H]1CCC[C@@H]1NS(=O)(=O)Cc1cc(C#N)ccc1F. The largest absolute Gasteiger partial charge is 0.216 e. The minimum absolute atomic E-state index is 0.0280. The summed E-state index contributed by atoms with van der Waals surface area (Å²) in [7, 11) is -3.62. The molecule has 0 heterocycles. The Morgan fingerprint density at radius 3 is 2.90 bits per heavy atom. The van der Waals surface area contributed by atoms with Crippen molar-refractivity contribution in [3.05, 3.63) is 35.1 Å². The Balaban J connectivity index is 2.13. The van der Waals surface area contributed by atoms with E-state index in [4.69, 9.17) is 5.26 Å². The van der Waals surface area contributed by atoms with Gasteiger partial charge in [-0.2, -0.15) is 17.0 Å². The van der Waals surface area contributed by atoms with Gasteiger partial charge < -0.3 is 0 Å². The molecule has 0 aliphatic heterocycles. The minimum atomic E-state index is -3.62. The maximum Gasteiger partial charge on any atom is 0.216 e. The van der Waals surface area contributed by atoms with Gasteiger partial charge in [0.25, 0.3) is 0 Å². The van der Waals surface area contributed by atoms with E-state index in [0.29, 0.717) is 0 Å². The van der Waals surface area contributed by atoms with E-state index in [1.165, 1.54) is 12.1 Å². The zero-order chi connectivity index (χ0) is 15.5. The summed E-state index contributed by atoms with van der Waals surface area (Å²) in [6, 6.07) is 5.54. The summed E-state index contributed by atoms with van der Waals surface area (Å²) in [4.78, 5) is 0. The van der Waals surface area contributed by atoms with Crippen molar-refractivity contribution in [2.24, 2.45) is 0 Å². The fraction of sp³-hybridized carbons (Fsp3) is 0.500. The zero-order valence-electron chi connectivity index (χ0n) is 11.7. The molecule has 1 aromatic carbocycles. The van der Waals surface area contributed by atoms with Gasteiger partial charge in [-0.15, -0.1) is 0 Å². The van der Waals surface area contributed by atoms with Crippen LogP contribution in [0.4, 0.5) is 4.39 Å². The summed E-state index contributed by atoms with van der Waals surface area (Å²) in [6.07, 6.45) is 4.77. The van der Waals surface area contributed by atoms with Crippen LogP contribution >= 0.6 is 11.8 Å². The molecule has 2 rings (SSSR count). The highest BCUT2D eigenvalue weighted by Gasteiger charge is 2.30. The molecule has 1 fully saturated rings. The van der Waals surface area contributed by atoms with Gasteiger partial charge in [0.05, 0.1) is 17.4 Å². The second-order valence-electron chi connectivity index (χ2n) is 5.11. The number of halogens is 1. The average molecular weight is 328 g/mol. The van der Waals surface area contributed by atoms with Gasteiger partial charge in [0.2, 0.25) is 10.0 Å². The Hall–Kier alpha value is -1.10. The third kappa shape index (κ3) is 4.19. The van der Waals surface area contributed by atoms with E-state index in [-0.39, 0.29) is 22.4 Å². The van der Waals surface area contributed by atoms with Crippen LogP contribution in [0, 0.1) is 17.1 Å². The molecule has 0 saturated heterocycles. The van der Waals surface area contributed by atoms with E-state index < -0.39 is 21.6 Å². The van der Waals surface area contributed by atoms with Gasteiger partial charge >= 0.3 is 0 Å². The second-order valence-corrected chi connectivity index (χ2v) is 7.94. The van der Waals surface area contributed by atoms with Gasteiger partial charge in [-0.05, 0) is 37.3 Å². The predicted octanol–water partition coefficient (Wildman–Crippen LogP) is 2.40. The van der Waals surface area contributed by atoms with Crippen molar-refractivity contribution in [3.63, 3.8) is 0 Å². The molecular weight excluding hydrogens is 311 g/mol. The van der Waals surface area contributed by atoms with Gasteiger partial charge in [0, 0.05) is 16.9 Å². The summed E-state index contributed by atoms with van der Waals surface area (Å²) >= 11 is 1.65. The van der Waals surface area contributed by atoms with Crippen molar-refractivity contribution in [3.8, 4) is 6.07 Å². The highest BCUT2D eigenvalue weighted by atomic mass is 32.2. The first-order valence-corrected chi connectivity index (χ1v) is 9.60. The second kappa shape index (κ2) is 6.77. The Morgan fingerprint density at radius 1 is 1.48 bits per heavy atom. The van der Waals surface area contributed by atoms with Crippen LogP contribution in [0.25, 0.3) is 0 Å². The maximum atomic E-state index is 13.7. The molecule has 0 unspecified atom stereocenters. The predicted molar refractivity (Wildman–Crippen MR) is 81.8 cm³/mol. The average Bonchev–Trinajstić information content (AvgIpc) is 2.87. The van der Waals surface area contributed by atoms with Crippen LogP contribution in [0.5, 0.6) is 0 Å². The number of rotatable bonds is 5. The summed E-state index contributed by atoms with van der Waals surface area (Å²) in [5, 5.41) is 9.08. The first-order chi connectivity index (χ1) is 9.95. The Bertz CT molecular complexity index is 655. The highest BCUT2D eigenvalue weighted by Crippen LogP contribution is 2.29. The first kappa shape index (κ1) is 16.3. The lowest BCUT2D eigenvalue weighted by Crippen LogP contribution is -2.39. The molecule has 0 spiro atoms. The Kier molecular flexibility index (Phi) is 5.25. The van der Waals surface area contributed by atoms with Gasteiger partial charge in [-0.25, -0.2) is 17.5 Å². The fourth-order valence-corrected chi connectivity index (χ4v) is 5.05. The molecule has 1 aromatic rings. The fourth-order valence-electron chi connectivity index (χ4n) is 2.57. The van der Waals surface area contributed by atoms with E-state index in [1.807, 2.05) is 12.3 Å². The van der Waals surface area contributed by atoms with Crippen molar-refractivity contribution in [2.75, 3.05) is 6.26 Å². The normalized spacial score (nSPS) is 22.1. The number of benzene rings is 1. The van der Waals surface area contributed by atoms with Gasteiger partial charge in [0.1, 0.15) is 5.82 Å². The number of hydrogen-bond donors (Lipinski definition) is 1. The van der Waals surface area contributed by atoms with Crippen molar-refractivity contribution < 1.29 is 12.8 Å². The number of sulfonamides is 1. The molecule has 1 N–H and O–H groups in total. The number of thioether (sulfide) groups is 1. The van der Waals surface area contributed by atoms with E-state index in [9.17, 15) is 12.8 Å². The molecule has 2 atom stereocenters. The van der Waals surface area contributed by atoms with Crippen molar-refractivity contribution in [1.82, 2.24) is 4.72 Å². The summed E-state index contributed by atoms with van der Waals surface area (Å²) < 4.78 is 40.8.